The number of nitrogens with one attached hydrogen (secondary N) is 2. The normalized spacial score (nSPS) is 16.6. The summed E-state index contributed by atoms with van der Waals surface area (Å²) in [6.07, 6.45) is 1.30. The lowest BCUT2D eigenvalue weighted by atomic mass is 10.1. The van der Waals surface area contributed by atoms with Gasteiger partial charge in [-0.05, 0) is 56.9 Å². The summed E-state index contributed by atoms with van der Waals surface area (Å²) >= 11 is 0. The monoisotopic (exact) mass is 459 g/mol. The molecule has 1 heterocycles. The number of hydrogen-bond acceptors (Lipinski definition) is 5. The van der Waals surface area contributed by atoms with E-state index in [4.69, 9.17) is 4.74 Å². The van der Waals surface area contributed by atoms with E-state index in [0.717, 1.165) is 5.56 Å². The Hall–Kier alpha value is -2.91. The van der Waals surface area contributed by atoms with Crippen molar-refractivity contribution in [3.63, 3.8) is 0 Å². The fraction of sp³-hybridized carbons (Fsp3) is 0.391. The number of benzene rings is 2. The van der Waals surface area contributed by atoms with Crippen molar-refractivity contribution >= 4 is 27.5 Å². The molecule has 0 aromatic heterocycles. The van der Waals surface area contributed by atoms with Crippen LogP contribution in [0.3, 0.4) is 0 Å². The molecule has 8 nitrogen and oxygen atoms in total. The van der Waals surface area contributed by atoms with Crippen LogP contribution in [0.25, 0.3) is 0 Å². The van der Waals surface area contributed by atoms with Gasteiger partial charge in [0, 0.05) is 19.1 Å². The second kappa shape index (κ2) is 9.70. The summed E-state index contributed by atoms with van der Waals surface area (Å²) in [5.74, 6) is -1.24. The van der Waals surface area contributed by atoms with Gasteiger partial charge < -0.3 is 15.4 Å². The van der Waals surface area contributed by atoms with Gasteiger partial charge in [0.2, 0.25) is 10.0 Å². The SMILES string of the molecule is COc1ccccc1NC(=O)C(=O)NC[C@@H]1CCCN1S(=O)(=O)c1c(C)cc(C)cc1C. The highest BCUT2D eigenvalue weighted by molar-refractivity contribution is 7.89. The van der Waals surface area contributed by atoms with Crippen LogP contribution in [0, 0.1) is 20.8 Å². The fourth-order valence-electron chi connectivity index (χ4n) is 4.24. The van der Waals surface area contributed by atoms with E-state index in [1.807, 2.05) is 19.1 Å². The van der Waals surface area contributed by atoms with Crippen molar-refractivity contribution in [3.05, 3.63) is 53.1 Å². The number of aryl methyl sites for hydroxylation is 3. The number of methoxy groups -OCH3 is 1. The van der Waals surface area contributed by atoms with E-state index >= 15 is 0 Å². The van der Waals surface area contributed by atoms with Crippen LogP contribution in [0.1, 0.15) is 29.5 Å². The zero-order valence-corrected chi connectivity index (χ0v) is 19.6. The van der Waals surface area contributed by atoms with Crippen LogP contribution in [-0.4, -0.2) is 50.8 Å². The molecule has 0 radical (unpaired) electrons. The van der Waals surface area contributed by atoms with Gasteiger partial charge in [-0.1, -0.05) is 29.8 Å². The average molecular weight is 460 g/mol. The van der Waals surface area contributed by atoms with Gasteiger partial charge in [0.1, 0.15) is 5.75 Å². The molecular formula is C23H29N3O5S. The molecule has 1 aliphatic heterocycles. The Kier molecular flexibility index (Phi) is 7.20. The number of amides is 2. The average Bonchev–Trinajstić information content (AvgIpc) is 3.21. The number of hydrogen-bond donors (Lipinski definition) is 2. The number of sulfonamides is 1. The first-order chi connectivity index (χ1) is 15.1. The van der Waals surface area contributed by atoms with Gasteiger partial charge in [-0.25, -0.2) is 8.42 Å². The highest BCUT2D eigenvalue weighted by Gasteiger charge is 2.37. The van der Waals surface area contributed by atoms with Gasteiger partial charge in [-0.2, -0.15) is 4.31 Å². The number of rotatable bonds is 6. The van der Waals surface area contributed by atoms with Crippen LogP contribution in [0.2, 0.25) is 0 Å². The van der Waals surface area contributed by atoms with Gasteiger partial charge in [0.05, 0.1) is 17.7 Å². The highest BCUT2D eigenvalue weighted by Crippen LogP contribution is 2.30. The minimum absolute atomic E-state index is 0.0569. The standard InChI is InChI=1S/C23H29N3O5S/c1-15-12-16(2)21(17(3)13-15)32(29,30)26-11-7-8-18(26)14-24-22(27)23(28)25-19-9-5-6-10-20(19)31-4/h5-6,9-10,12-13,18H,7-8,11,14H2,1-4H3,(H,24,27)(H,25,28)/t18-/m0/s1. The first-order valence-corrected chi connectivity index (χ1v) is 11.9. The van der Waals surface area contributed by atoms with Gasteiger partial charge in [0.15, 0.2) is 0 Å². The quantitative estimate of drug-likeness (QED) is 0.646. The molecule has 3 rings (SSSR count). The zero-order chi connectivity index (χ0) is 23.5. The minimum atomic E-state index is -3.73. The third kappa shape index (κ3) is 4.94. The summed E-state index contributed by atoms with van der Waals surface area (Å²) in [4.78, 5) is 25.0. The van der Waals surface area contributed by atoms with Crippen LogP contribution >= 0.6 is 0 Å². The van der Waals surface area contributed by atoms with Gasteiger partial charge in [0.25, 0.3) is 0 Å². The number of nitrogens with zero attached hydrogens (tertiary/aromatic N) is 1. The lowest BCUT2D eigenvalue weighted by Crippen LogP contribution is -2.45. The van der Waals surface area contributed by atoms with Crippen LogP contribution in [-0.2, 0) is 19.6 Å². The number of carbonyl (C=O) groups excluding carboxylic acids is 2. The van der Waals surface area contributed by atoms with Crippen molar-refractivity contribution in [2.24, 2.45) is 0 Å². The lowest BCUT2D eigenvalue weighted by molar-refractivity contribution is -0.136. The highest BCUT2D eigenvalue weighted by atomic mass is 32.2. The third-order valence-electron chi connectivity index (χ3n) is 5.55. The second-order valence-electron chi connectivity index (χ2n) is 8.00. The molecule has 1 saturated heterocycles. The molecular weight excluding hydrogens is 430 g/mol. The van der Waals surface area contributed by atoms with E-state index in [9.17, 15) is 18.0 Å². The van der Waals surface area contributed by atoms with E-state index in [1.165, 1.54) is 11.4 Å². The van der Waals surface area contributed by atoms with Crippen LogP contribution in [0.15, 0.2) is 41.3 Å². The maximum atomic E-state index is 13.4. The molecule has 1 aliphatic rings. The first-order valence-electron chi connectivity index (χ1n) is 10.5. The Balaban J connectivity index is 1.69. The molecule has 1 atom stereocenters. The van der Waals surface area contributed by atoms with E-state index in [-0.39, 0.29) is 6.54 Å². The summed E-state index contributed by atoms with van der Waals surface area (Å²) in [6.45, 7) is 5.95. The molecule has 0 unspecified atom stereocenters. The van der Waals surface area contributed by atoms with Crippen molar-refractivity contribution in [3.8, 4) is 5.75 Å². The minimum Gasteiger partial charge on any atom is -0.495 e. The van der Waals surface area contributed by atoms with E-state index < -0.39 is 27.9 Å². The maximum Gasteiger partial charge on any atom is 0.313 e. The molecule has 2 N–H and O–H groups in total. The Bertz CT molecular complexity index is 1110. The van der Waals surface area contributed by atoms with Crippen molar-refractivity contribution < 1.29 is 22.7 Å². The smallest absolute Gasteiger partial charge is 0.313 e. The Morgan fingerprint density at radius 2 is 1.75 bits per heavy atom. The molecule has 32 heavy (non-hydrogen) atoms. The largest absolute Gasteiger partial charge is 0.495 e. The fourth-order valence-corrected chi connectivity index (χ4v) is 6.35. The third-order valence-corrected chi connectivity index (χ3v) is 7.81. The Labute approximate surface area is 189 Å². The van der Waals surface area contributed by atoms with E-state index in [1.54, 1.807) is 38.1 Å². The van der Waals surface area contributed by atoms with Crippen LogP contribution in [0.5, 0.6) is 5.75 Å². The van der Waals surface area contributed by atoms with Gasteiger partial charge >= 0.3 is 11.8 Å². The molecule has 0 bridgehead atoms. The summed E-state index contributed by atoms with van der Waals surface area (Å²) in [7, 11) is -2.26. The topological polar surface area (TPSA) is 105 Å². The second-order valence-corrected chi connectivity index (χ2v) is 9.83. The number of anilines is 1. The predicted molar refractivity (Wildman–Crippen MR) is 122 cm³/mol. The molecule has 0 saturated carbocycles. The van der Waals surface area contributed by atoms with E-state index in [2.05, 4.69) is 10.6 Å². The van der Waals surface area contributed by atoms with Crippen LogP contribution < -0.4 is 15.4 Å². The van der Waals surface area contributed by atoms with Crippen LogP contribution in [0.4, 0.5) is 5.69 Å². The van der Waals surface area contributed by atoms with Gasteiger partial charge in [-0.3, -0.25) is 9.59 Å². The summed E-state index contributed by atoms with van der Waals surface area (Å²) in [5.41, 5.74) is 2.79. The van der Waals surface area contributed by atoms with Crippen molar-refractivity contribution in [1.82, 2.24) is 9.62 Å². The lowest BCUT2D eigenvalue weighted by Gasteiger charge is -2.26. The first kappa shape index (κ1) is 23.7. The molecule has 2 amide bonds. The molecule has 1 fully saturated rings. The van der Waals surface area contributed by atoms with Crippen molar-refractivity contribution in [2.45, 2.75) is 44.6 Å². The maximum absolute atomic E-state index is 13.4. The zero-order valence-electron chi connectivity index (χ0n) is 18.8. The molecule has 2 aromatic carbocycles. The molecule has 2 aromatic rings. The summed E-state index contributed by atoms with van der Waals surface area (Å²) < 4.78 is 33.4. The molecule has 172 valence electrons. The van der Waals surface area contributed by atoms with E-state index in [0.29, 0.717) is 46.8 Å². The molecule has 0 aliphatic carbocycles. The number of ether oxygens (including phenoxy) is 1. The van der Waals surface area contributed by atoms with Gasteiger partial charge in [-0.15, -0.1) is 0 Å². The van der Waals surface area contributed by atoms with Crippen molar-refractivity contribution in [2.75, 3.05) is 25.5 Å². The summed E-state index contributed by atoms with van der Waals surface area (Å²) in [6, 6.07) is 10.1. The number of carbonyl (C=O) groups is 2. The molecule has 0 spiro atoms. The Morgan fingerprint density at radius 3 is 2.41 bits per heavy atom. The Morgan fingerprint density at radius 1 is 1.09 bits per heavy atom. The summed E-state index contributed by atoms with van der Waals surface area (Å²) in [5, 5.41) is 5.09. The predicted octanol–water partition coefficient (Wildman–Crippen LogP) is 2.53. The van der Waals surface area contributed by atoms with Crippen molar-refractivity contribution in [1.29, 1.82) is 0 Å². The molecule has 9 heteroatoms. The number of para-hydroxylation sites is 2.